The van der Waals surface area contributed by atoms with Crippen LogP contribution in [0.3, 0.4) is 0 Å². The Morgan fingerprint density at radius 1 is 1.35 bits per heavy atom. The van der Waals surface area contributed by atoms with Crippen molar-refractivity contribution in [3.8, 4) is 0 Å². The highest BCUT2D eigenvalue weighted by Gasteiger charge is 2.27. The lowest BCUT2D eigenvalue weighted by atomic mass is 10.0. The van der Waals surface area contributed by atoms with Gasteiger partial charge in [0.1, 0.15) is 9.84 Å². The summed E-state index contributed by atoms with van der Waals surface area (Å²) in [5.41, 5.74) is 0. The monoisotopic (exact) mass is 262 g/mol. The molecule has 1 aliphatic rings. The third kappa shape index (κ3) is 5.84. The number of nitrogens with one attached hydrogen (secondary N) is 1. The minimum absolute atomic E-state index is 0.266. The topological polar surface area (TPSA) is 49.4 Å². The lowest BCUT2D eigenvalue weighted by Gasteiger charge is -2.25. The summed E-state index contributed by atoms with van der Waals surface area (Å²) < 4.78 is 22.2. The molecule has 4 nitrogen and oxygen atoms in total. The molecule has 0 saturated heterocycles. The van der Waals surface area contributed by atoms with E-state index in [0.717, 1.165) is 13.1 Å². The number of hydrogen-bond acceptors (Lipinski definition) is 4. The fourth-order valence-corrected chi connectivity index (χ4v) is 3.24. The minimum Gasteiger partial charge on any atom is -0.314 e. The van der Waals surface area contributed by atoms with Crippen molar-refractivity contribution in [1.29, 1.82) is 0 Å². The fraction of sp³-hybridized carbons (Fsp3) is 1.00. The second kappa shape index (κ2) is 6.71. The molecule has 1 rings (SSSR count). The normalized spacial score (nSPS) is 25.6. The number of sulfone groups is 1. The Bertz CT molecular complexity index is 316. The Hall–Kier alpha value is -0.130. The first-order valence-electron chi connectivity index (χ1n) is 6.52. The summed E-state index contributed by atoms with van der Waals surface area (Å²) in [6.07, 6.45) is 5.12. The van der Waals surface area contributed by atoms with E-state index < -0.39 is 9.84 Å². The molecular weight excluding hydrogens is 236 g/mol. The van der Waals surface area contributed by atoms with Gasteiger partial charge >= 0.3 is 0 Å². The Labute approximate surface area is 106 Å². The molecule has 0 aliphatic heterocycles. The molecule has 102 valence electrons. The molecule has 0 aromatic carbocycles. The van der Waals surface area contributed by atoms with Crippen molar-refractivity contribution < 1.29 is 8.42 Å². The van der Waals surface area contributed by atoms with Crippen LogP contribution in [0.2, 0.25) is 0 Å². The van der Waals surface area contributed by atoms with Crippen LogP contribution in [0.5, 0.6) is 0 Å². The van der Waals surface area contributed by atoms with Gasteiger partial charge in [-0.2, -0.15) is 0 Å². The second-order valence-electron chi connectivity index (χ2n) is 5.25. The standard InChI is InChI=1S/C12H26N2O2S/c1-4-13-12-7-5-6-11(12)10-14(2)8-9-17(3,15)16/h11-13H,4-10H2,1-3H3. The highest BCUT2D eigenvalue weighted by atomic mass is 32.2. The first-order valence-corrected chi connectivity index (χ1v) is 8.58. The maximum atomic E-state index is 11.1. The molecule has 2 unspecified atom stereocenters. The Kier molecular flexibility index (Phi) is 5.89. The second-order valence-corrected chi connectivity index (χ2v) is 7.51. The molecule has 0 radical (unpaired) electrons. The zero-order chi connectivity index (χ0) is 12.9. The lowest BCUT2D eigenvalue weighted by Crippen LogP contribution is -2.39. The van der Waals surface area contributed by atoms with Gasteiger partial charge < -0.3 is 10.2 Å². The van der Waals surface area contributed by atoms with Crippen LogP contribution in [-0.4, -0.2) is 58.1 Å². The SMILES string of the molecule is CCNC1CCCC1CN(C)CCS(C)(=O)=O. The quantitative estimate of drug-likeness (QED) is 0.735. The van der Waals surface area contributed by atoms with E-state index >= 15 is 0 Å². The zero-order valence-electron chi connectivity index (χ0n) is 11.3. The molecule has 0 heterocycles. The van der Waals surface area contributed by atoms with Crippen molar-refractivity contribution in [2.45, 2.75) is 32.2 Å². The van der Waals surface area contributed by atoms with Gasteiger partial charge in [0.2, 0.25) is 0 Å². The van der Waals surface area contributed by atoms with Crippen molar-refractivity contribution >= 4 is 9.84 Å². The molecule has 17 heavy (non-hydrogen) atoms. The van der Waals surface area contributed by atoms with Crippen LogP contribution in [0.1, 0.15) is 26.2 Å². The van der Waals surface area contributed by atoms with Crippen molar-refractivity contribution in [3.63, 3.8) is 0 Å². The first kappa shape index (κ1) is 14.9. The summed E-state index contributed by atoms with van der Waals surface area (Å²) in [4.78, 5) is 2.15. The van der Waals surface area contributed by atoms with Crippen molar-refractivity contribution in [2.24, 2.45) is 5.92 Å². The van der Waals surface area contributed by atoms with Crippen LogP contribution < -0.4 is 5.32 Å². The molecule has 0 spiro atoms. The Morgan fingerprint density at radius 2 is 2.06 bits per heavy atom. The smallest absolute Gasteiger partial charge is 0.148 e. The largest absolute Gasteiger partial charge is 0.314 e. The van der Waals surface area contributed by atoms with Crippen molar-refractivity contribution in [2.75, 3.05) is 38.7 Å². The molecule has 1 aliphatic carbocycles. The molecule has 0 aromatic heterocycles. The van der Waals surface area contributed by atoms with Gasteiger partial charge in [0.05, 0.1) is 5.75 Å². The highest BCUT2D eigenvalue weighted by molar-refractivity contribution is 7.90. The van der Waals surface area contributed by atoms with E-state index in [1.54, 1.807) is 0 Å². The van der Waals surface area contributed by atoms with Crippen LogP contribution in [0.15, 0.2) is 0 Å². The van der Waals surface area contributed by atoms with Crippen molar-refractivity contribution in [3.05, 3.63) is 0 Å². The van der Waals surface area contributed by atoms with E-state index in [0.29, 0.717) is 18.5 Å². The van der Waals surface area contributed by atoms with Gasteiger partial charge in [0.15, 0.2) is 0 Å². The molecule has 1 saturated carbocycles. The number of hydrogen-bond donors (Lipinski definition) is 1. The number of nitrogens with zero attached hydrogens (tertiary/aromatic N) is 1. The van der Waals surface area contributed by atoms with Crippen molar-refractivity contribution in [1.82, 2.24) is 10.2 Å². The molecule has 5 heteroatoms. The van der Waals surface area contributed by atoms with E-state index in [9.17, 15) is 8.42 Å². The molecule has 0 bridgehead atoms. The van der Waals surface area contributed by atoms with E-state index in [-0.39, 0.29) is 5.75 Å². The van der Waals surface area contributed by atoms with Gasteiger partial charge in [0, 0.05) is 25.4 Å². The van der Waals surface area contributed by atoms with Gasteiger partial charge in [-0.05, 0) is 32.4 Å². The summed E-state index contributed by atoms with van der Waals surface area (Å²) >= 11 is 0. The summed E-state index contributed by atoms with van der Waals surface area (Å²) in [6.45, 7) is 4.82. The third-order valence-corrected chi connectivity index (χ3v) is 4.44. The maximum absolute atomic E-state index is 11.1. The predicted octanol–water partition coefficient (Wildman–Crippen LogP) is 0.741. The Balaban J connectivity index is 2.32. The van der Waals surface area contributed by atoms with Crippen LogP contribution >= 0.6 is 0 Å². The zero-order valence-corrected chi connectivity index (χ0v) is 12.1. The fourth-order valence-electron chi connectivity index (χ4n) is 2.60. The molecule has 1 fully saturated rings. The van der Waals surface area contributed by atoms with Gasteiger partial charge in [-0.15, -0.1) is 0 Å². The predicted molar refractivity (Wildman–Crippen MR) is 72.0 cm³/mol. The average Bonchev–Trinajstić information content (AvgIpc) is 2.63. The summed E-state index contributed by atoms with van der Waals surface area (Å²) in [5.74, 6) is 0.946. The molecular formula is C12H26N2O2S. The van der Waals surface area contributed by atoms with Gasteiger partial charge in [-0.1, -0.05) is 13.3 Å². The van der Waals surface area contributed by atoms with Gasteiger partial charge in [-0.3, -0.25) is 0 Å². The van der Waals surface area contributed by atoms with Gasteiger partial charge in [0.25, 0.3) is 0 Å². The van der Waals surface area contributed by atoms with Crippen LogP contribution in [0, 0.1) is 5.92 Å². The van der Waals surface area contributed by atoms with E-state index in [2.05, 4.69) is 17.1 Å². The first-order chi connectivity index (χ1) is 7.92. The van der Waals surface area contributed by atoms with Crippen LogP contribution in [0.25, 0.3) is 0 Å². The van der Waals surface area contributed by atoms with Crippen LogP contribution in [-0.2, 0) is 9.84 Å². The van der Waals surface area contributed by atoms with E-state index in [1.807, 2.05) is 7.05 Å². The average molecular weight is 262 g/mol. The summed E-state index contributed by atoms with van der Waals surface area (Å²) in [7, 11) is -0.813. The molecule has 1 N–H and O–H groups in total. The van der Waals surface area contributed by atoms with Gasteiger partial charge in [-0.25, -0.2) is 8.42 Å². The lowest BCUT2D eigenvalue weighted by molar-refractivity contribution is 0.262. The highest BCUT2D eigenvalue weighted by Crippen LogP contribution is 2.26. The summed E-state index contributed by atoms with van der Waals surface area (Å²) in [5, 5.41) is 3.53. The van der Waals surface area contributed by atoms with E-state index in [4.69, 9.17) is 0 Å². The number of rotatable bonds is 7. The third-order valence-electron chi connectivity index (χ3n) is 3.52. The maximum Gasteiger partial charge on any atom is 0.148 e. The Morgan fingerprint density at radius 3 is 2.65 bits per heavy atom. The van der Waals surface area contributed by atoms with Crippen LogP contribution in [0.4, 0.5) is 0 Å². The molecule has 0 aromatic rings. The molecule has 2 atom stereocenters. The minimum atomic E-state index is -2.83. The summed E-state index contributed by atoms with van der Waals surface area (Å²) in [6, 6.07) is 0.626. The van der Waals surface area contributed by atoms with E-state index in [1.165, 1.54) is 25.5 Å². The molecule has 0 amide bonds.